The number of anilines is 1. The van der Waals surface area contributed by atoms with Crippen LogP contribution in [0, 0.1) is 5.82 Å². The van der Waals surface area contributed by atoms with Crippen LogP contribution in [0.1, 0.15) is 27.0 Å². The van der Waals surface area contributed by atoms with E-state index in [0.29, 0.717) is 12.1 Å². The third-order valence-corrected chi connectivity index (χ3v) is 3.75. The van der Waals surface area contributed by atoms with Crippen molar-refractivity contribution in [2.24, 2.45) is 5.73 Å². The van der Waals surface area contributed by atoms with E-state index in [1.165, 1.54) is 17.2 Å². The summed E-state index contributed by atoms with van der Waals surface area (Å²) in [7, 11) is 0. The van der Waals surface area contributed by atoms with Crippen LogP contribution in [0.15, 0.2) is 36.4 Å². The second kappa shape index (κ2) is 5.18. The van der Waals surface area contributed by atoms with Gasteiger partial charge in [0.25, 0.3) is 0 Å². The van der Waals surface area contributed by atoms with Crippen molar-refractivity contribution >= 4 is 11.6 Å². The van der Waals surface area contributed by atoms with Crippen LogP contribution in [0.4, 0.5) is 10.1 Å². The molecule has 0 spiro atoms. The number of carbonyl (C=O) groups excluding carboxylic acids is 1. The van der Waals surface area contributed by atoms with Crippen LogP contribution >= 0.6 is 0 Å². The lowest BCUT2D eigenvalue weighted by atomic mass is 10.1. The van der Waals surface area contributed by atoms with Crippen molar-refractivity contribution in [3.05, 3.63) is 64.5 Å². The van der Waals surface area contributed by atoms with Gasteiger partial charge in [-0.1, -0.05) is 12.1 Å². The zero-order valence-electron chi connectivity index (χ0n) is 11.5. The standard InChI is InChI=1S/C16H16FN3O/c17-15-6-10(16(19)21)1-2-12(15)8-20-7-11-3-4-14(18)5-13(11)9-20/h1-6H,7-9,18H2,(H2,19,21). The van der Waals surface area contributed by atoms with Crippen LogP contribution < -0.4 is 11.5 Å². The number of halogens is 1. The maximum absolute atomic E-state index is 14.0. The Hall–Kier alpha value is -2.40. The number of benzene rings is 2. The van der Waals surface area contributed by atoms with Gasteiger partial charge in [-0.15, -0.1) is 0 Å². The number of carbonyl (C=O) groups is 1. The Morgan fingerprint density at radius 3 is 2.62 bits per heavy atom. The Bertz CT molecular complexity index is 715. The van der Waals surface area contributed by atoms with E-state index in [2.05, 4.69) is 4.90 Å². The summed E-state index contributed by atoms with van der Waals surface area (Å²) in [6, 6.07) is 10.2. The third kappa shape index (κ3) is 2.73. The normalized spacial score (nSPS) is 14.1. The molecule has 0 saturated heterocycles. The number of nitrogens with two attached hydrogens (primary N) is 2. The largest absolute Gasteiger partial charge is 0.399 e. The minimum Gasteiger partial charge on any atom is -0.399 e. The summed E-state index contributed by atoms with van der Waals surface area (Å²) < 4.78 is 14.0. The third-order valence-electron chi connectivity index (χ3n) is 3.75. The molecule has 4 nitrogen and oxygen atoms in total. The predicted molar refractivity (Wildman–Crippen MR) is 78.7 cm³/mol. The van der Waals surface area contributed by atoms with Crippen molar-refractivity contribution in [1.29, 1.82) is 0 Å². The van der Waals surface area contributed by atoms with E-state index in [4.69, 9.17) is 11.5 Å². The quantitative estimate of drug-likeness (QED) is 0.847. The van der Waals surface area contributed by atoms with Gasteiger partial charge in [0, 0.05) is 36.4 Å². The van der Waals surface area contributed by atoms with E-state index in [1.807, 2.05) is 18.2 Å². The van der Waals surface area contributed by atoms with Crippen molar-refractivity contribution in [1.82, 2.24) is 4.90 Å². The van der Waals surface area contributed by atoms with Crippen molar-refractivity contribution in [3.8, 4) is 0 Å². The summed E-state index contributed by atoms with van der Waals surface area (Å²) in [5, 5.41) is 0. The number of fused-ring (bicyclic) bond motifs is 1. The summed E-state index contributed by atoms with van der Waals surface area (Å²) in [6.45, 7) is 2.00. The van der Waals surface area contributed by atoms with Gasteiger partial charge in [0.15, 0.2) is 0 Å². The first-order chi connectivity index (χ1) is 10.0. The number of hydrogen-bond donors (Lipinski definition) is 2. The first-order valence-electron chi connectivity index (χ1n) is 6.71. The second-order valence-electron chi connectivity index (χ2n) is 5.34. The molecular formula is C16H16FN3O. The molecule has 1 aliphatic heterocycles. The van der Waals surface area contributed by atoms with Crippen LogP contribution in [0.2, 0.25) is 0 Å². The summed E-state index contributed by atoms with van der Waals surface area (Å²) in [5.74, 6) is -1.02. The summed E-state index contributed by atoms with van der Waals surface area (Å²) in [6.07, 6.45) is 0. The first kappa shape index (κ1) is 13.6. The lowest BCUT2D eigenvalue weighted by molar-refractivity contribution is 0.1000. The SMILES string of the molecule is NC(=O)c1ccc(CN2Cc3ccc(N)cc3C2)c(F)c1. The molecule has 0 aromatic heterocycles. The Morgan fingerprint density at radius 1 is 1.14 bits per heavy atom. The predicted octanol–water partition coefficient (Wildman–Crippen LogP) is 2.02. The van der Waals surface area contributed by atoms with Crippen molar-refractivity contribution in [2.45, 2.75) is 19.6 Å². The molecule has 0 fully saturated rings. The highest BCUT2D eigenvalue weighted by molar-refractivity contribution is 5.92. The Balaban J connectivity index is 1.76. The number of primary amides is 1. The van der Waals surface area contributed by atoms with Gasteiger partial charge >= 0.3 is 0 Å². The maximum atomic E-state index is 14.0. The smallest absolute Gasteiger partial charge is 0.248 e. The minimum absolute atomic E-state index is 0.189. The van der Waals surface area contributed by atoms with Gasteiger partial charge in [0.1, 0.15) is 5.82 Å². The van der Waals surface area contributed by atoms with Crippen LogP contribution in [0.3, 0.4) is 0 Å². The van der Waals surface area contributed by atoms with Gasteiger partial charge in [-0.05, 0) is 35.4 Å². The number of nitrogen functional groups attached to an aromatic ring is 1. The van der Waals surface area contributed by atoms with Gasteiger partial charge < -0.3 is 11.5 Å². The van der Waals surface area contributed by atoms with Gasteiger partial charge in [0.05, 0.1) is 0 Å². The van der Waals surface area contributed by atoms with Crippen LogP contribution in [-0.4, -0.2) is 10.8 Å². The molecule has 1 heterocycles. The van der Waals surface area contributed by atoms with E-state index in [9.17, 15) is 9.18 Å². The van der Waals surface area contributed by atoms with E-state index >= 15 is 0 Å². The van der Waals surface area contributed by atoms with E-state index in [0.717, 1.165) is 18.8 Å². The van der Waals surface area contributed by atoms with Crippen LogP contribution in [-0.2, 0) is 19.6 Å². The molecule has 4 N–H and O–H groups in total. The Kier molecular flexibility index (Phi) is 3.35. The Labute approximate surface area is 122 Å². The minimum atomic E-state index is -0.621. The van der Waals surface area contributed by atoms with Gasteiger partial charge in [-0.3, -0.25) is 9.69 Å². The van der Waals surface area contributed by atoms with Gasteiger partial charge in [-0.2, -0.15) is 0 Å². The summed E-state index contributed by atoms with van der Waals surface area (Å²) in [4.78, 5) is 13.2. The summed E-state index contributed by atoms with van der Waals surface area (Å²) in [5.41, 5.74) is 14.8. The van der Waals surface area contributed by atoms with E-state index < -0.39 is 11.7 Å². The van der Waals surface area contributed by atoms with Gasteiger partial charge in [-0.25, -0.2) is 4.39 Å². The molecule has 1 amide bonds. The van der Waals surface area contributed by atoms with E-state index in [-0.39, 0.29) is 5.56 Å². The molecule has 0 aliphatic carbocycles. The zero-order chi connectivity index (χ0) is 15.0. The average Bonchev–Trinajstić information content (AvgIpc) is 2.82. The lowest BCUT2D eigenvalue weighted by Gasteiger charge is -2.15. The molecule has 1 aliphatic rings. The zero-order valence-corrected chi connectivity index (χ0v) is 11.5. The molecule has 2 aromatic carbocycles. The fraction of sp³-hybridized carbons (Fsp3) is 0.188. The second-order valence-corrected chi connectivity index (χ2v) is 5.34. The topological polar surface area (TPSA) is 72.4 Å². The van der Waals surface area contributed by atoms with E-state index in [1.54, 1.807) is 12.1 Å². The number of hydrogen-bond acceptors (Lipinski definition) is 3. The van der Waals surface area contributed by atoms with Crippen molar-refractivity contribution in [2.75, 3.05) is 5.73 Å². The summed E-state index contributed by atoms with van der Waals surface area (Å²) >= 11 is 0. The van der Waals surface area contributed by atoms with Crippen molar-refractivity contribution in [3.63, 3.8) is 0 Å². The molecule has 108 valence electrons. The molecule has 21 heavy (non-hydrogen) atoms. The average molecular weight is 285 g/mol. The highest BCUT2D eigenvalue weighted by atomic mass is 19.1. The van der Waals surface area contributed by atoms with Gasteiger partial charge in [0.2, 0.25) is 5.91 Å². The number of amides is 1. The molecule has 5 heteroatoms. The molecular weight excluding hydrogens is 269 g/mol. The fourth-order valence-corrected chi connectivity index (χ4v) is 2.67. The molecule has 0 saturated carbocycles. The molecule has 0 atom stereocenters. The monoisotopic (exact) mass is 285 g/mol. The lowest BCUT2D eigenvalue weighted by Crippen LogP contribution is -2.17. The number of nitrogens with zero attached hydrogens (tertiary/aromatic N) is 1. The van der Waals surface area contributed by atoms with Crippen molar-refractivity contribution < 1.29 is 9.18 Å². The fourth-order valence-electron chi connectivity index (χ4n) is 2.67. The first-order valence-corrected chi connectivity index (χ1v) is 6.71. The molecule has 0 radical (unpaired) electrons. The highest BCUT2D eigenvalue weighted by Gasteiger charge is 2.20. The highest BCUT2D eigenvalue weighted by Crippen LogP contribution is 2.26. The Morgan fingerprint density at radius 2 is 1.90 bits per heavy atom. The molecule has 0 unspecified atom stereocenters. The molecule has 0 bridgehead atoms. The molecule has 2 aromatic rings. The maximum Gasteiger partial charge on any atom is 0.248 e. The van der Waals surface area contributed by atoms with Crippen LogP contribution in [0.25, 0.3) is 0 Å². The number of rotatable bonds is 3. The van der Waals surface area contributed by atoms with Crippen LogP contribution in [0.5, 0.6) is 0 Å². The molecule has 3 rings (SSSR count).